The predicted octanol–water partition coefficient (Wildman–Crippen LogP) is 2.58. The second kappa shape index (κ2) is 7.54. The van der Waals surface area contributed by atoms with E-state index in [1.165, 1.54) is 40.2 Å². The molecule has 1 rings (SSSR count). The van der Waals surface area contributed by atoms with Gasteiger partial charge in [0.25, 0.3) is 0 Å². The maximum Gasteiger partial charge on any atom is 0.420 e. The van der Waals surface area contributed by atoms with Crippen molar-refractivity contribution in [3.63, 3.8) is 0 Å². The summed E-state index contributed by atoms with van der Waals surface area (Å²) in [5.74, 6) is -1.45. The van der Waals surface area contributed by atoms with Gasteiger partial charge in [0.2, 0.25) is 0 Å². The summed E-state index contributed by atoms with van der Waals surface area (Å²) >= 11 is 0. The molecule has 9 heteroatoms. The van der Waals surface area contributed by atoms with Crippen LogP contribution in [-0.2, 0) is 20.7 Å². The Labute approximate surface area is 149 Å². The van der Waals surface area contributed by atoms with Crippen LogP contribution in [-0.4, -0.2) is 55.4 Å². The molecule has 25 heavy (non-hydrogen) atoms. The van der Waals surface area contributed by atoms with Gasteiger partial charge in [0.15, 0.2) is 0 Å². The summed E-state index contributed by atoms with van der Waals surface area (Å²) in [5.41, 5.74) is -2.10. The molecule has 0 aliphatic heterocycles. The van der Waals surface area contributed by atoms with Crippen LogP contribution in [0.15, 0.2) is 12.5 Å². The monoisotopic (exact) mass is 357 g/mol. The van der Waals surface area contributed by atoms with Gasteiger partial charge in [-0.25, -0.2) is 19.4 Å². The number of hydrogen-bond acceptors (Lipinski definition) is 6. The van der Waals surface area contributed by atoms with E-state index < -0.39 is 35.4 Å². The Morgan fingerprint density at radius 2 is 1.76 bits per heavy atom. The number of imide groups is 1. The highest BCUT2D eigenvalue weighted by Crippen LogP contribution is 2.18. The number of aliphatic carboxylic acids is 1. The first-order chi connectivity index (χ1) is 12.4. The van der Waals surface area contributed by atoms with Gasteiger partial charge in [0.1, 0.15) is 17.2 Å². The van der Waals surface area contributed by atoms with Crippen LogP contribution in [0.1, 0.15) is 49.9 Å². The van der Waals surface area contributed by atoms with Crippen molar-refractivity contribution in [2.24, 2.45) is 0 Å². The van der Waals surface area contributed by atoms with Gasteiger partial charge in [-0.3, -0.25) is 0 Å². The van der Waals surface area contributed by atoms with Crippen molar-refractivity contribution in [1.82, 2.24) is 14.9 Å². The van der Waals surface area contributed by atoms with E-state index >= 15 is 0 Å². The molecule has 1 heterocycles. The van der Waals surface area contributed by atoms with Crippen LogP contribution >= 0.6 is 0 Å². The number of carboxylic acid groups (broad SMARTS) is 1. The molecule has 140 valence electrons. The van der Waals surface area contributed by atoms with E-state index in [4.69, 9.17) is 12.2 Å². The number of imidazole rings is 1. The minimum atomic E-state index is -1.63. The fourth-order valence-electron chi connectivity index (χ4n) is 1.79. The summed E-state index contributed by atoms with van der Waals surface area (Å²) in [6, 6.07) is -1.63. The van der Waals surface area contributed by atoms with Crippen LogP contribution in [0.25, 0.3) is 0 Å². The Bertz CT molecular complexity index is 633. The van der Waals surface area contributed by atoms with Crippen molar-refractivity contribution < 1.29 is 31.7 Å². The average molecular weight is 357 g/mol. The van der Waals surface area contributed by atoms with Crippen LogP contribution in [0.2, 0.25) is 0 Å². The third-order valence-electron chi connectivity index (χ3n) is 2.69. The topological polar surface area (TPSA) is 122 Å². The maximum absolute atomic E-state index is 12.6. The molecule has 0 saturated heterocycles. The molecule has 0 unspecified atom stereocenters. The van der Waals surface area contributed by atoms with Gasteiger partial charge in [0, 0.05) is 21.1 Å². The lowest BCUT2D eigenvalue weighted by atomic mass is 10.1. The largest absolute Gasteiger partial charge is 0.480 e. The highest BCUT2D eigenvalue weighted by Gasteiger charge is 2.40. The SMILES string of the molecule is [2H]CC(C)(C)OC(=O)N(C(=O)OC(C)(C)C[2H])[C@@H](Cc1cnc[nH]1)C(=O)O. The molecule has 0 radical (unpaired) electrons. The van der Waals surface area contributed by atoms with Crippen LogP contribution < -0.4 is 0 Å². The standard InChI is InChI=1S/C16H25N3O6/c1-15(2,3)24-13(22)19(14(23)25-16(4,5)6)11(12(20)21)7-10-8-17-9-18-10/h8-9,11H,7H2,1-6H3,(H,17,18)(H,20,21)/t11-/m0/s1/i1D,4D. The summed E-state index contributed by atoms with van der Waals surface area (Å²) in [4.78, 5) is 43.8. The number of H-pyrrole nitrogens is 1. The summed E-state index contributed by atoms with van der Waals surface area (Å²) in [5, 5.41) is 9.59. The number of carboxylic acids is 1. The number of aromatic amines is 1. The zero-order valence-electron chi connectivity index (χ0n) is 16.7. The van der Waals surface area contributed by atoms with E-state index in [1.807, 2.05) is 0 Å². The predicted molar refractivity (Wildman–Crippen MR) is 88.0 cm³/mol. The highest BCUT2D eigenvalue weighted by atomic mass is 16.6. The number of aromatic nitrogens is 2. The number of nitrogens with one attached hydrogen (secondary N) is 1. The number of carbonyl (C=O) groups excluding carboxylic acids is 2. The molecular formula is C16H25N3O6. The first kappa shape index (κ1) is 17.2. The van der Waals surface area contributed by atoms with E-state index in [1.54, 1.807) is 0 Å². The third kappa shape index (κ3) is 6.82. The van der Waals surface area contributed by atoms with Crippen LogP contribution in [0.4, 0.5) is 9.59 Å². The van der Waals surface area contributed by atoms with Crippen LogP contribution in [0.3, 0.4) is 0 Å². The summed E-state index contributed by atoms with van der Waals surface area (Å²) in [6.45, 7) is 5.25. The lowest BCUT2D eigenvalue weighted by Crippen LogP contribution is -2.52. The normalized spacial score (nSPS) is 14.1. The summed E-state index contributed by atoms with van der Waals surface area (Å²) in [7, 11) is 0. The second-order valence-corrected chi connectivity index (χ2v) is 6.76. The second-order valence-electron chi connectivity index (χ2n) is 6.76. The van der Waals surface area contributed by atoms with Crippen molar-refractivity contribution in [2.75, 3.05) is 0 Å². The zero-order chi connectivity index (χ0) is 20.8. The molecule has 0 bridgehead atoms. The van der Waals surface area contributed by atoms with Gasteiger partial charge < -0.3 is 19.6 Å². The van der Waals surface area contributed by atoms with Crippen molar-refractivity contribution in [3.05, 3.63) is 18.2 Å². The lowest BCUT2D eigenvalue weighted by molar-refractivity contribution is -0.143. The van der Waals surface area contributed by atoms with E-state index in [0.29, 0.717) is 10.6 Å². The zero-order valence-corrected chi connectivity index (χ0v) is 14.7. The Balaban J connectivity index is 3.22. The maximum atomic E-state index is 12.6. The Kier molecular flexibility index (Phi) is 5.20. The quantitative estimate of drug-likeness (QED) is 0.849. The van der Waals surface area contributed by atoms with Gasteiger partial charge in [-0.15, -0.1) is 0 Å². The molecule has 0 aliphatic carbocycles. The minimum Gasteiger partial charge on any atom is -0.480 e. The highest BCUT2D eigenvalue weighted by molar-refractivity contribution is 5.93. The lowest BCUT2D eigenvalue weighted by Gasteiger charge is -2.31. The van der Waals surface area contributed by atoms with Crippen molar-refractivity contribution >= 4 is 18.2 Å². The molecule has 2 amide bonds. The molecule has 0 saturated carbocycles. The van der Waals surface area contributed by atoms with Crippen LogP contribution in [0, 0.1) is 0 Å². The molecule has 0 spiro atoms. The molecule has 1 atom stereocenters. The fourth-order valence-corrected chi connectivity index (χ4v) is 1.79. The molecule has 1 aromatic rings. The number of hydrogen-bond donors (Lipinski definition) is 2. The average Bonchev–Trinajstić information content (AvgIpc) is 3.06. The van der Waals surface area contributed by atoms with Crippen molar-refractivity contribution in [3.8, 4) is 0 Å². The number of amides is 2. The minimum absolute atomic E-state index is 0.248. The first-order valence-corrected chi connectivity index (χ1v) is 7.46. The number of carbonyl (C=O) groups is 3. The summed E-state index contributed by atoms with van der Waals surface area (Å²) < 4.78 is 25.1. The van der Waals surface area contributed by atoms with Gasteiger partial charge >= 0.3 is 18.2 Å². The first-order valence-electron chi connectivity index (χ1n) is 8.87. The molecule has 0 aliphatic rings. The van der Waals surface area contributed by atoms with Crippen molar-refractivity contribution in [1.29, 1.82) is 0 Å². The van der Waals surface area contributed by atoms with Crippen molar-refractivity contribution in [2.45, 2.75) is 65.2 Å². The van der Waals surface area contributed by atoms with Gasteiger partial charge in [-0.1, -0.05) is 0 Å². The van der Waals surface area contributed by atoms with Gasteiger partial charge in [-0.05, 0) is 41.5 Å². The Morgan fingerprint density at radius 3 is 2.12 bits per heavy atom. The Morgan fingerprint density at radius 1 is 1.24 bits per heavy atom. The van der Waals surface area contributed by atoms with E-state index in [0.717, 1.165) is 0 Å². The van der Waals surface area contributed by atoms with Gasteiger partial charge in [0.05, 0.1) is 6.33 Å². The van der Waals surface area contributed by atoms with Gasteiger partial charge in [-0.2, -0.15) is 4.90 Å². The fraction of sp³-hybridized carbons (Fsp3) is 0.625. The smallest absolute Gasteiger partial charge is 0.420 e. The number of ether oxygens (including phenoxy) is 2. The molecule has 0 fully saturated rings. The van der Waals surface area contributed by atoms with Crippen LogP contribution in [0.5, 0.6) is 0 Å². The van der Waals surface area contributed by atoms with E-state index in [2.05, 4.69) is 9.97 Å². The van der Waals surface area contributed by atoms with E-state index in [-0.39, 0.29) is 20.2 Å². The Hall–Kier alpha value is -2.58. The number of rotatable bonds is 4. The molecule has 2 N–H and O–H groups in total. The van der Waals surface area contributed by atoms with E-state index in [9.17, 15) is 19.5 Å². The molecule has 1 aromatic heterocycles. The number of nitrogens with zero attached hydrogens (tertiary/aromatic N) is 2. The third-order valence-corrected chi connectivity index (χ3v) is 2.69. The summed E-state index contributed by atoms with van der Waals surface area (Å²) in [6.07, 6.45) is -0.0364. The molecular weight excluding hydrogens is 330 g/mol. The molecule has 9 nitrogen and oxygen atoms in total. The molecule has 0 aromatic carbocycles.